The fourth-order valence-electron chi connectivity index (χ4n) is 2.86. The molecule has 162 valence electrons. The van der Waals surface area contributed by atoms with Crippen LogP contribution in [-0.2, 0) is 21.2 Å². The summed E-state index contributed by atoms with van der Waals surface area (Å²) in [5.41, 5.74) is 0.879. The molecule has 0 radical (unpaired) electrons. The second-order valence-corrected chi connectivity index (χ2v) is 8.92. The van der Waals surface area contributed by atoms with Crippen molar-refractivity contribution in [2.24, 2.45) is 0 Å². The van der Waals surface area contributed by atoms with Gasteiger partial charge in [0.15, 0.2) is 0 Å². The van der Waals surface area contributed by atoms with E-state index in [4.69, 9.17) is 11.6 Å². The van der Waals surface area contributed by atoms with Crippen molar-refractivity contribution in [3.63, 3.8) is 0 Å². The quantitative estimate of drug-likeness (QED) is 0.544. The van der Waals surface area contributed by atoms with Crippen LogP contribution < -0.4 is 9.62 Å². The lowest BCUT2D eigenvalue weighted by molar-refractivity contribution is -0.119. The van der Waals surface area contributed by atoms with Crippen molar-refractivity contribution in [1.82, 2.24) is 5.32 Å². The molecule has 9 heteroatoms. The maximum atomic E-state index is 13.6. The van der Waals surface area contributed by atoms with E-state index in [-0.39, 0.29) is 28.0 Å². The molecule has 3 aromatic carbocycles. The SMILES string of the molecule is O=C(CN(c1ccc(F)c(Cl)c1)S(=O)(=O)c1ccccc1)NCCc1ccc(F)cc1. The summed E-state index contributed by atoms with van der Waals surface area (Å²) in [6, 6.07) is 16.9. The van der Waals surface area contributed by atoms with Crippen LogP contribution in [0.5, 0.6) is 0 Å². The number of hydrogen-bond acceptors (Lipinski definition) is 3. The van der Waals surface area contributed by atoms with Crippen LogP contribution in [0.4, 0.5) is 14.5 Å². The fraction of sp³-hybridized carbons (Fsp3) is 0.136. The Hall–Kier alpha value is -2.97. The first-order valence-corrected chi connectivity index (χ1v) is 11.1. The number of benzene rings is 3. The van der Waals surface area contributed by atoms with Crippen LogP contribution in [0, 0.1) is 11.6 Å². The van der Waals surface area contributed by atoms with E-state index in [1.54, 1.807) is 30.3 Å². The summed E-state index contributed by atoms with van der Waals surface area (Å²) in [6.45, 7) is -0.295. The molecule has 3 rings (SSSR count). The molecular weight excluding hydrogens is 446 g/mol. The molecule has 0 aliphatic carbocycles. The number of hydrogen-bond donors (Lipinski definition) is 1. The van der Waals surface area contributed by atoms with Gasteiger partial charge in [0.25, 0.3) is 10.0 Å². The Kier molecular flexibility index (Phi) is 7.25. The molecule has 0 spiro atoms. The van der Waals surface area contributed by atoms with Crippen LogP contribution in [0.15, 0.2) is 77.7 Å². The number of sulfonamides is 1. The number of rotatable bonds is 8. The van der Waals surface area contributed by atoms with E-state index in [0.29, 0.717) is 6.42 Å². The van der Waals surface area contributed by atoms with E-state index in [1.165, 1.54) is 30.3 Å². The number of nitrogens with one attached hydrogen (secondary N) is 1. The minimum Gasteiger partial charge on any atom is -0.354 e. The molecule has 0 bridgehead atoms. The van der Waals surface area contributed by atoms with Crippen molar-refractivity contribution < 1.29 is 22.0 Å². The molecule has 0 heterocycles. The highest BCUT2D eigenvalue weighted by Crippen LogP contribution is 2.27. The second-order valence-electron chi connectivity index (χ2n) is 6.65. The van der Waals surface area contributed by atoms with Gasteiger partial charge >= 0.3 is 0 Å². The number of carbonyl (C=O) groups is 1. The Morgan fingerprint density at radius 1 is 0.968 bits per heavy atom. The molecular formula is C22H19ClF2N2O3S. The molecule has 0 aromatic heterocycles. The van der Waals surface area contributed by atoms with Crippen LogP contribution in [0.25, 0.3) is 0 Å². The van der Waals surface area contributed by atoms with E-state index in [9.17, 15) is 22.0 Å². The van der Waals surface area contributed by atoms with Crippen molar-refractivity contribution in [3.8, 4) is 0 Å². The smallest absolute Gasteiger partial charge is 0.264 e. The van der Waals surface area contributed by atoms with Crippen molar-refractivity contribution in [2.75, 3.05) is 17.4 Å². The zero-order valence-corrected chi connectivity index (χ0v) is 17.8. The van der Waals surface area contributed by atoms with Crippen molar-refractivity contribution in [3.05, 3.63) is 95.0 Å². The van der Waals surface area contributed by atoms with Gasteiger partial charge in [-0.2, -0.15) is 0 Å². The van der Waals surface area contributed by atoms with Gasteiger partial charge in [-0.3, -0.25) is 9.10 Å². The number of nitrogens with zero attached hydrogens (tertiary/aromatic N) is 1. The third kappa shape index (κ3) is 5.80. The summed E-state index contributed by atoms with van der Waals surface area (Å²) in [5, 5.41) is 2.39. The molecule has 1 N–H and O–H groups in total. The molecule has 0 unspecified atom stereocenters. The lowest BCUT2D eigenvalue weighted by atomic mass is 10.1. The summed E-state index contributed by atoms with van der Waals surface area (Å²) in [5.74, 6) is -1.61. The van der Waals surface area contributed by atoms with Crippen LogP contribution in [0.3, 0.4) is 0 Å². The number of anilines is 1. The van der Waals surface area contributed by atoms with Gasteiger partial charge in [0.2, 0.25) is 5.91 Å². The summed E-state index contributed by atoms with van der Waals surface area (Å²) in [6.07, 6.45) is 0.444. The van der Waals surface area contributed by atoms with E-state index >= 15 is 0 Å². The maximum Gasteiger partial charge on any atom is 0.264 e. The molecule has 5 nitrogen and oxygen atoms in total. The van der Waals surface area contributed by atoms with Gasteiger partial charge in [0.05, 0.1) is 15.6 Å². The molecule has 0 aliphatic rings. The molecule has 0 aliphatic heterocycles. The molecule has 0 saturated carbocycles. The zero-order valence-electron chi connectivity index (χ0n) is 16.3. The first kappa shape index (κ1) is 22.7. The Bertz CT molecular complexity index is 1160. The van der Waals surface area contributed by atoms with Crippen molar-refractivity contribution in [2.45, 2.75) is 11.3 Å². The Morgan fingerprint density at radius 2 is 1.65 bits per heavy atom. The highest BCUT2D eigenvalue weighted by Gasteiger charge is 2.27. The summed E-state index contributed by atoms with van der Waals surface area (Å²) in [4.78, 5) is 12.5. The average Bonchev–Trinajstić information content (AvgIpc) is 2.76. The van der Waals surface area contributed by atoms with Crippen molar-refractivity contribution in [1.29, 1.82) is 0 Å². The van der Waals surface area contributed by atoms with Gasteiger partial charge in [-0.15, -0.1) is 0 Å². The van der Waals surface area contributed by atoms with Gasteiger partial charge in [-0.05, 0) is 54.4 Å². The Labute approximate surface area is 184 Å². The standard InChI is InChI=1S/C22H19ClF2N2O3S/c23-20-14-18(10-11-21(20)25)27(31(29,30)19-4-2-1-3-5-19)15-22(28)26-13-12-16-6-8-17(24)9-7-16/h1-11,14H,12-13,15H2,(H,26,28). The van der Waals surface area contributed by atoms with Gasteiger partial charge < -0.3 is 5.32 Å². The molecule has 0 fully saturated rings. The van der Waals surface area contributed by atoms with Crippen LogP contribution in [0.1, 0.15) is 5.56 Å². The predicted molar refractivity (Wildman–Crippen MR) is 115 cm³/mol. The van der Waals surface area contributed by atoms with Gasteiger partial charge in [-0.25, -0.2) is 17.2 Å². The number of halogens is 3. The molecule has 0 saturated heterocycles. The van der Waals surface area contributed by atoms with Crippen LogP contribution >= 0.6 is 11.6 Å². The van der Waals surface area contributed by atoms with E-state index in [2.05, 4.69) is 5.32 Å². The second kappa shape index (κ2) is 9.89. The maximum absolute atomic E-state index is 13.6. The molecule has 3 aromatic rings. The molecule has 1 amide bonds. The molecule has 31 heavy (non-hydrogen) atoms. The summed E-state index contributed by atoms with van der Waals surface area (Å²) in [7, 11) is -4.11. The third-order valence-electron chi connectivity index (χ3n) is 4.46. The van der Waals surface area contributed by atoms with E-state index < -0.39 is 28.3 Å². The van der Waals surface area contributed by atoms with E-state index in [1.807, 2.05) is 0 Å². The lowest BCUT2D eigenvalue weighted by Crippen LogP contribution is -2.41. The van der Waals surface area contributed by atoms with E-state index in [0.717, 1.165) is 22.0 Å². The largest absolute Gasteiger partial charge is 0.354 e. The monoisotopic (exact) mass is 464 g/mol. The Morgan fingerprint density at radius 3 is 2.29 bits per heavy atom. The summed E-state index contributed by atoms with van der Waals surface area (Å²) < 4.78 is 53.8. The average molecular weight is 465 g/mol. The highest BCUT2D eigenvalue weighted by molar-refractivity contribution is 7.92. The first-order valence-electron chi connectivity index (χ1n) is 9.31. The predicted octanol–water partition coefficient (Wildman–Crippen LogP) is 4.17. The summed E-state index contributed by atoms with van der Waals surface area (Å²) >= 11 is 5.83. The highest BCUT2D eigenvalue weighted by atomic mass is 35.5. The number of amides is 1. The number of carbonyl (C=O) groups excluding carboxylic acids is 1. The third-order valence-corrected chi connectivity index (χ3v) is 6.54. The fourth-order valence-corrected chi connectivity index (χ4v) is 4.47. The van der Waals surface area contributed by atoms with Crippen LogP contribution in [0.2, 0.25) is 5.02 Å². The Balaban J connectivity index is 1.78. The van der Waals surface area contributed by atoms with Crippen molar-refractivity contribution >= 4 is 33.2 Å². The zero-order chi connectivity index (χ0) is 22.4. The normalized spacial score (nSPS) is 11.2. The molecule has 0 atom stereocenters. The van der Waals surface area contributed by atoms with Gasteiger partial charge in [-0.1, -0.05) is 41.9 Å². The van der Waals surface area contributed by atoms with Gasteiger partial charge in [0, 0.05) is 6.54 Å². The minimum atomic E-state index is -4.11. The topological polar surface area (TPSA) is 66.5 Å². The minimum absolute atomic E-state index is 0.0189. The van der Waals surface area contributed by atoms with Crippen LogP contribution in [-0.4, -0.2) is 27.4 Å². The van der Waals surface area contributed by atoms with Gasteiger partial charge in [0.1, 0.15) is 18.2 Å². The first-order chi connectivity index (χ1) is 14.8. The lowest BCUT2D eigenvalue weighted by Gasteiger charge is -2.24.